The van der Waals surface area contributed by atoms with Gasteiger partial charge in [0.05, 0.1) is 11.3 Å². The maximum Gasteiger partial charge on any atom is 0.246 e. The zero-order valence-corrected chi connectivity index (χ0v) is 12.4. The zero-order valence-electron chi connectivity index (χ0n) is 12.4. The Hall–Kier alpha value is -2.87. The minimum atomic E-state index is -0.575. The maximum absolute atomic E-state index is 13.5. The molecule has 0 saturated carbocycles. The summed E-state index contributed by atoms with van der Waals surface area (Å²) in [6.45, 7) is 3.34. The monoisotopic (exact) mass is 297 g/mol. The van der Waals surface area contributed by atoms with E-state index < -0.39 is 6.04 Å². The summed E-state index contributed by atoms with van der Waals surface area (Å²) >= 11 is 0. The van der Waals surface area contributed by atoms with Crippen molar-refractivity contribution < 1.29 is 9.18 Å². The predicted octanol–water partition coefficient (Wildman–Crippen LogP) is 3.44. The second kappa shape index (κ2) is 6.72. The molecule has 2 rings (SSSR count). The van der Waals surface area contributed by atoms with E-state index in [1.165, 1.54) is 6.07 Å². The Bertz CT molecular complexity index is 737. The van der Waals surface area contributed by atoms with Gasteiger partial charge in [0.2, 0.25) is 5.91 Å². The quantitative estimate of drug-likeness (QED) is 0.908. The van der Waals surface area contributed by atoms with Crippen LogP contribution in [0.15, 0.2) is 42.5 Å². The Morgan fingerprint density at radius 1 is 1.27 bits per heavy atom. The number of nitrogens with one attached hydrogen (secondary N) is 2. The van der Waals surface area contributed by atoms with Gasteiger partial charge in [-0.25, -0.2) is 4.39 Å². The number of nitriles is 1. The molecule has 1 unspecified atom stereocenters. The van der Waals surface area contributed by atoms with Crippen LogP contribution in [0.25, 0.3) is 0 Å². The molecule has 0 aliphatic rings. The van der Waals surface area contributed by atoms with Crippen LogP contribution >= 0.6 is 0 Å². The Balaban J connectivity index is 2.06. The molecule has 0 fully saturated rings. The average Bonchev–Trinajstić information content (AvgIpc) is 2.51. The third-order valence-electron chi connectivity index (χ3n) is 3.25. The molecule has 4 nitrogen and oxygen atoms in total. The van der Waals surface area contributed by atoms with Crippen LogP contribution in [0.3, 0.4) is 0 Å². The normalized spacial score (nSPS) is 11.4. The number of rotatable bonds is 4. The van der Waals surface area contributed by atoms with Gasteiger partial charge in [-0.15, -0.1) is 0 Å². The van der Waals surface area contributed by atoms with E-state index in [2.05, 4.69) is 10.6 Å². The van der Waals surface area contributed by atoms with Crippen LogP contribution in [0.5, 0.6) is 0 Å². The number of anilines is 2. The smallest absolute Gasteiger partial charge is 0.246 e. The molecule has 0 bridgehead atoms. The summed E-state index contributed by atoms with van der Waals surface area (Å²) in [5.74, 6) is -0.629. The maximum atomic E-state index is 13.5. The van der Waals surface area contributed by atoms with Crippen molar-refractivity contribution in [1.29, 1.82) is 5.26 Å². The predicted molar refractivity (Wildman–Crippen MR) is 84.0 cm³/mol. The molecule has 112 valence electrons. The van der Waals surface area contributed by atoms with Crippen molar-refractivity contribution >= 4 is 17.3 Å². The lowest BCUT2D eigenvalue weighted by Crippen LogP contribution is -2.32. The first-order valence-electron chi connectivity index (χ1n) is 6.84. The minimum Gasteiger partial charge on any atom is -0.374 e. The van der Waals surface area contributed by atoms with Crippen molar-refractivity contribution in [2.45, 2.75) is 19.9 Å². The van der Waals surface area contributed by atoms with Crippen LogP contribution in [0, 0.1) is 24.1 Å². The van der Waals surface area contributed by atoms with Gasteiger partial charge in [-0.2, -0.15) is 5.26 Å². The SMILES string of the molecule is Cc1ccc(NC(C)C(=O)Nc2ccccc2C#N)cc1F. The van der Waals surface area contributed by atoms with Gasteiger partial charge in [0.25, 0.3) is 0 Å². The number of hydrogen-bond acceptors (Lipinski definition) is 3. The van der Waals surface area contributed by atoms with E-state index >= 15 is 0 Å². The molecule has 0 spiro atoms. The third kappa shape index (κ3) is 3.61. The Morgan fingerprint density at radius 2 is 2.00 bits per heavy atom. The van der Waals surface area contributed by atoms with Gasteiger partial charge < -0.3 is 10.6 Å². The van der Waals surface area contributed by atoms with Crippen molar-refractivity contribution in [2.24, 2.45) is 0 Å². The molecule has 0 saturated heterocycles. The van der Waals surface area contributed by atoms with Crippen molar-refractivity contribution in [2.75, 3.05) is 10.6 Å². The van der Waals surface area contributed by atoms with Gasteiger partial charge in [0, 0.05) is 5.69 Å². The zero-order chi connectivity index (χ0) is 16.1. The van der Waals surface area contributed by atoms with Crippen LogP contribution in [-0.4, -0.2) is 11.9 Å². The number of benzene rings is 2. The summed E-state index contributed by atoms with van der Waals surface area (Å²) in [6, 6.07) is 12.9. The number of amides is 1. The Morgan fingerprint density at radius 3 is 2.68 bits per heavy atom. The summed E-state index contributed by atoms with van der Waals surface area (Å²) in [6.07, 6.45) is 0. The minimum absolute atomic E-state index is 0.302. The summed E-state index contributed by atoms with van der Waals surface area (Å²) in [5, 5.41) is 14.6. The third-order valence-corrected chi connectivity index (χ3v) is 3.25. The van der Waals surface area contributed by atoms with Crippen LogP contribution in [-0.2, 0) is 4.79 Å². The highest BCUT2D eigenvalue weighted by Gasteiger charge is 2.14. The largest absolute Gasteiger partial charge is 0.374 e. The molecule has 2 N–H and O–H groups in total. The second-order valence-corrected chi connectivity index (χ2v) is 4.98. The van der Waals surface area contributed by atoms with E-state index in [0.29, 0.717) is 22.5 Å². The van der Waals surface area contributed by atoms with E-state index in [1.807, 2.05) is 6.07 Å². The van der Waals surface area contributed by atoms with Crippen molar-refractivity contribution in [1.82, 2.24) is 0 Å². The number of hydrogen-bond donors (Lipinski definition) is 2. The number of nitrogens with zero attached hydrogens (tertiary/aromatic N) is 1. The number of carbonyl (C=O) groups is 1. The summed E-state index contributed by atoms with van der Waals surface area (Å²) in [5.41, 5.74) is 1.92. The molecule has 0 heterocycles. The first-order chi connectivity index (χ1) is 10.5. The summed E-state index contributed by atoms with van der Waals surface area (Å²) in [4.78, 5) is 12.2. The van der Waals surface area contributed by atoms with Gasteiger partial charge in [-0.3, -0.25) is 4.79 Å². The molecule has 2 aromatic carbocycles. The molecule has 2 aromatic rings. The van der Waals surface area contributed by atoms with Crippen molar-refractivity contribution in [3.8, 4) is 6.07 Å². The van der Waals surface area contributed by atoms with Gasteiger partial charge in [0.1, 0.15) is 17.9 Å². The standard InChI is InChI=1S/C17H16FN3O/c1-11-7-8-14(9-15(11)18)20-12(2)17(22)21-16-6-4-3-5-13(16)10-19/h3-9,12,20H,1-2H3,(H,21,22). The summed E-state index contributed by atoms with van der Waals surface area (Å²) < 4.78 is 13.5. The number of aryl methyl sites for hydroxylation is 1. The van der Waals surface area contributed by atoms with E-state index in [0.717, 1.165) is 0 Å². The molecule has 22 heavy (non-hydrogen) atoms. The van der Waals surface area contributed by atoms with Crippen molar-refractivity contribution in [3.05, 3.63) is 59.4 Å². The molecule has 1 amide bonds. The average molecular weight is 297 g/mol. The van der Waals surface area contributed by atoms with Crippen LogP contribution < -0.4 is 10.6 Å². The number of carbonyl (C=O) groups excluding carboxylic acids is 1. The fourth-order valence-electron chi connectivity index (χ4n) is 1.93. The lowest BCUT2D eigenvalue weighted by molar-refractivity contribution is -0.116. The van der Waals surface area contributed by atoms with Gasteiger partial charge in [-0.1, -0.05) is 18.2 Å². The molecule has 0 aliphatic carbocycles. The highest BCUT2D eigenvalue weighted by molar-refractivity contribution is 5.97. The van der Waals surface area contributed by atoms with E-state index in [9.17, 15) is 9.18 Å². The fourth-order valence-corrected chi connectivity index (χ4v) is 1.93. The first kappa shape index (κ1) is 15.5. The highest BCUT2D eigenvalue weighted by atomic mass is 19.1. The summed E-state index contributed by atoms with van der Waals surface area (Å²) in [7, 11) is 0. The van der Waals surface area contributed by atoms with Gasteiger partial charge >= 0.3 is 0 Å². The molecular formula is C17H16FN3O. The second-order valence-electron chi connectivity index (χ2n) is 4.98. The van der Waals surface area contributed by atoms with E-state index in [-0.39, 0.29) is 11.7 Å². The molecular weight excluding hydrogens is 281 g/mol. The van der Waals surface area contributed by atoms with Crippen LogP contribution in [0.1, 0.15) is 18.1 Å². The Kier molecular flexibility index (Phi) is 4.74. The van der Waals surface area contributed by atoms with E-state index in [4.69, 9.17) is 5.26 Å². The van der Waals surface area contributed by atoms with Gasteiger partial charge in [0.15, 0.2) is 0 Å². The lowest BCUT2D eigenvalue weighted by atomic mass is 10.1. The molecule has 0 radical (unpaired) electrons. The molecule has 5 heteroatoms. The Labute approximate surface area is 128 Å². The number of halogens is 1. The van der Waals surface area contributed by atoms with E-state index in [1.54, 1.807) is 50.2 Å². The lowest BCUT2D eigenvalue weighted by Gasteiger charge is -2.16. The molecule has 1 atom stereocenters. The van der Waals surface area contributed by atoms with Crippen LogP contribution in [0.4, 0.5) is 15.8 Å². The van der Waals surface area contributed by atoms with Crippen molar-refractivity contribution in [3.63, 3.8) is 0 Å². The molecule has 0 aromatic heterocycles. The number of para-hydroxylation sites is 1. The van der Waals surface area contributed by atoms with Crippen LogP contribution in [0.2, 0.25) is 0 Å². The first-order valence-corrected chi connectivity index (χ1v) is 6.84. The topological polar surface area (TPSA) is 64.9 Å². The highest BCUT2D eigenvalue weighted by Crippen LogP contribution is 2.16. The molecule has 0 aliphatic heterocycles. The fraction of sp³-hybridized carbons (Fsp3) is 0.176. The van der Waals surface area contributed by atoms with Gasteiger partial charge in [-0.05, 0) is 43.7 Å².